The van der Waals surface area contributed by atoms with Gasteiger partial charge in [0.1, 0.15) is 5.75 Å². The highest BCUT2D eigenvalue weighted by Gasteiger charge is 2.24. The van der Waals surface area contributed by atoms with Crippen LogP contribution in [0.2, 0.25) is 0 Å². The van der Waals surface area contributed by atoms with Crippen LogP contribution in [0.3, 0.4) is 0 Å². The molecule has 25 heavy (non-hydrogen) atoms. The molecule has 0 atom stereocenters. The van der Waals surface area contributed by atoms with Crippen molar-refractivity contribution in [1.82, 2.24) is 14.9 Å². The van der Waals surface area contributed by atoms with Gasteiger partial charge in [-0.1, -0.05) is 18.2 Å². The molecule has 8 heteroatoms. The van der Waals surface area contributed by atoms with Crippen molar-refractivity contribution in [1.29, 1.82) is 0 Å². The zero-order valence-corrected chi connectivity index (χ0v) is 15.1. The van der Waals surface area contributed by atoms with E-state index in [1.165, 1.54) is 0 Å². The van der Waals surface area contributed by atoms with Crippen LogP contribution < -0.4 is 10.3 Å². The summed E-state index contributed by atoms with van der Waals surface area (Å²) in [5.41, 5.74) is 1.78. The van der Waals surface area contributed by atoms with Crippen LogP contribution in [0.15, 0.2) is 34.2 Å². The van der Waals surface area contributed by atoms with Crippen molar-refractivity contribution >= 4 is 9.84 Å². The minimum atomic E-state index is -3.53. The summed E-state index contributed by atoms with van der Waals surface area (Å²) >= 11 is 0. The van der Waals surface area contributed by atoms with Crippen molar-refractivity contribution in [3.05, 3.63) is 51.4 Å². The fourth-order valence-corrected chi connectivity index (χ4v) is 3.49. The summed E-state index contributed by atoms with van der Waals surface area (Å²) in [6, 6.07) is 7.84. The van der Waals surface area contributed by atoms with Gasteiger partial charge in [0.2, 0.25) is 15.0 Å². The van der Waals surface area contributed by atoms with Crippen LogP contribution in [0.25, 0.3) is 0 Å². The van der Waals surface area contributed by atoms with Crippen molar-refractivity contribution in [2.24, 2.45) is 0 Å². The maximum Gasteiger partial charge on any atom is 0.256 e. The van der Waals surface area contributed by atoms with Crippen molar-refractivity contribution < 1.29 is 13.2 Å². The third kappa shape index (κ3) is 3.91. The van der Waals surface area contributed by atoms with Crippen molar-refractivity contribution in [2.45, 2.75) is 31.6 Å². The molecule has 0 fully saturated rings. The van der Waals surface area contributed by atoms with Crippen LogP contribution in [0.4, 0.5) is 0 Å². The maximum absolute atomic E-state index is 12.3. The van der Waals surface area contributed by atoms with Crippen LogP contribution in [0.1, 0.15) is 23.7 Å². The highest BCUT2D eigenvalue weighted by Crippen LogP contribution is 2.23. The lowest BCUT2D eigenvalue weighted by molar-refractivity contribution is 0.235. The normalized spacial score (nSPS) is 15.0. The Morgan fingerprint density at radius 2 is 2.08 bits per heavy atom. The van der Waals surface area contributed by atoms with Gasteiger partial charge in [-0.3, -0.25) is 14.7 Å². The lowest BCUT2D eigenvalue weighted by atomic mass is 10.1. The van der Waals surface area contributed by atoms with Gasteiger partial charge < -0.3 is 4.74 Å². The average Bonchev–Trinajstić information content (AvgIpc) is 2.56. The second-order valence-corrected chi connectivity index (χ2v) is 8.00. The van der Waals surface area contributed by atoms with Gasteiger partial charge in [0, 0.05) is 37.9 Å². The van der Waals surface area contributed by atoms with Gasteiger partial charge in [-0.2, -0.15) is 0 Å². The van der Waals surface area contributed by atoms with Gasteiger partial charge >= 0.3 is 0 Å². The quantitative estimate of drug-likeness (QED) is 0.801. The number of nitrogens with one attached hydrogen (secondary N) is 1. The number of ether oxygens (including phenoxy) is 1. The molecule has 0 unspecified atom stereocenters. The van der Waals surface area contributed by atoms with Crippen LogP contribution in [0.5, 0.6) is 5.75 Å². The number of aromatic nitrogens is 2. The SMILES string of the molecule is CCOc1ccccc1CN1CCc2nc(S(C)(=O)=O)[nH]c(=O)c2C1. The number of hydrogen-bond donors (Lipinski definition) is 1. The molecule has 1 N–H and O–H groups in total. The van der Waals surface area contributed by atoms with Crippen molar-refractivity contribution in [3.63, 3.8) is 0 Å². The highest BCUT2D eigenvalue weighted by molar-refractivity contribution is 7.90. The van der Waals surface area contributed by atoms with E-state index in [9.17, 15) is 13.2 Å². The molecule has 0 saturated carbocycles. The summed E-state index contributed by atoms with van der Waals surface area (Å²) in [5, 5.41) is -0.258. The molecule has 0 aliphatic carbocycles. The summed E-state index contributed by atoms with van der Waals surface area (Å²) < 4.78 is 28.9. The maximum atomic E-state index is 12.3. The van der Waals surface area contributed by atoms with E-state index in [1.54, 1.807) is 0 Å². The fraction of sp³-hybridized carbons (Fsp3) is 0.412. The van der Waals surface area contributed by atoms with E-state index in [0.717, 1.165) is 17.6 Å². The van der Waals surface area contributed by atoms with E-state index in [1.807, 2.05) is 31.2 Å². The molecule has 3 rings (SSSR count). The summed E-state index contributed by atoms with van der Waals surface area (Å²) in [5.74, 6) is 0.843. The van der Waals surface area contributed by atoms with Gasteiger partial charge in [0.15, 0.2) is 0 Å². The Labute approximate surface area is 146 Å². The molecule has 134 valence electrons. The summed E-state index contributed by atoms with van der Waals surface area (Å²) in [6.45, 7) is 4.33. The van der Waals surface area contributed by atoms with Crippen molar-refractivity contribution in [2.75, 3.05) is 19.4 Å². The minimum absolute atomic E-state index is 0.258. The van der Waals surface area contributed by atoms with E-state index < -0.39 is 9.84 Å². The number of aromatic amines is 1. The molecule has 0 amide bonds. The van der Waals surface area contributed by atoms with Gasteiger partial charge in [-0.05, 0) is 13.0 Å². The largest absolute Gasteiger partial charge is 0.494 e. The molecule has 7 nitrogen and oxygen atoms in total. The lowest BCUT2D eigenvalue weighted by Crippen LogP contribution is -2.36. The highest BCUT2D eigenvalue weighted by atomic mass is 32.2. The first kappa shape index (κ1) is 17.6. The molecule has 1 aromatic carbocycles. The molecular formula is C17H21N3O4S. The lowest BCUT2D eigenvalue weighted by Gasteiger charge is -2.28. The first-order valence-electron chi connectivity index (χ1n) is 8.13. The third-order valence-electron chi connectivity index (χ3n) is 4.14. The van der Waals surface area contributed by atoms with E-state index in [-0.39, 0.29) is 10.7 Å². The summed E-state index contributed by atoms with van der Waals surface area (Å²) in [6.07, 6.45) is 1.58. The summed E-state index contributed by atoms with van der Waals surface area (Å²) in [7, 11) is -3.53. The molecule has 0 radical (unpaired) electrons. The van der Waals surface area contributed by atoms with E-state index in [4.69, 9.17) is 4.74 Å². The summed E-state index contributed by atoms with van der Waals surface area (Å²) in [4.78, 5) is 20.9. The molecular weight excluding hydrogens is 342 g/mol. The Morgan fingerprint density at radius 3 is 2.80 bits per heavy atom. The smallest absolute Gasteiger partial charge is 0.256 e. The Bertz CT molecular complexity index is 937. The number of H-pyrrole nitrogens is 1. The number of para-hydroxylation sites is 1. The minimum Gasteiger partial charge on any atom is -0.494 e. The zero-order valence-electron chi connectivity index (χ0n) is 14.3. The number of fused-ring (bicyclic) bond motifs is 1. The zero-order chi connectivity index (χ0) is 18.0. The van der Waals surface area contributed by atoms with Crippen LogP contribution in [0, 0.1) is 0 Å². The van der Waals surface area contributed by atoms with E-state index in [0.29, 0.717) is 43.9 Å². The van der Waals surface area contributed by atoms with E-state index >= 15 is 0 Å². The molecule has 1 aliphatic heterocycles. The van der Waals surface area contributed by atoms with E-state index in [2.05, 4.69) is 14.9 Å². The molecule has 0 bridgehead atoms. The third-order valence-corrected chi connectivity index (χ3v) is 5.04. The molecule has 1 aliphatic rings. The first-order chi connectivity index (χ1) is 11.9. The Kier molecular flexibility index (Phi) is 4.91. The first-order valence-corrected chi connectivity index (χ1v) is 10.0. The van der Waals surface area contributed by atoms with Gasteiger partial charge in [0.25, 0.3) is 5.56 Å². The van der Waals surface area contributed by atoms with Gasteiger partial charge in [-0.15, -0.1) is 0 Å². The average molecular weight is 363 g/mol. The predicted molar refractivity (Wildman–Crippen MR) is 93.4 cm³/mol. The van der Waals surface area contributed by atoms with Gasteiger partial charge in [0.05, 0.1) is 17.9 Å². The Hall–Kier alpha value is -2.19. The second kappa shape index (κ2) is 6.97. The number of benzene rings is 1. The number of hydrogen-bond acceptors (Lipinski definition) is 6. The number of rotatable bonds is 5. The van der Waals surface area contributed by atoms with Crippen molar-refractivity contribution in [3.8, 4) is 5.75 Å². The molecule has 0 spiro atoms. The molecule has 2 aromatic rings. The fourth-order valence-electron chi connectivity index (χ4n) is 2.94. The molecule has 0 saturated heterocycles. The topological polar surface area (TPSA) is 92.4 Å². The molecule has 2 heterocycles. The Balaban J connectivity index is 1.84. The van der Waals surface area contributed by atoms with Gasteiger partial charge in [-0.25, -0.2) is 13.4 Å². The monoisotopic (exact) mass is 363 g/mol. The standard InChI is InChI=1S/C17H21N3O4S/c1-3-24-15-7-5-4-6-12(15)10-20-9-8-14-13(11-20)16(21)19-17(18-14)25(2,22)23/h4-7H,3,8-11H2,1-2H3,(H,18,19,21). The number of nitrogens with zero attached hydrogens (tertiary/aromatic N) is 2. The molecule has 1 aromatic heterocycles. The Morgan fingerprint density at radius 1 is 1.32 bits per heavy atom. The van der Waals surface area contributed by atoms with Crippen LogP contribution in [-0.2, 0) is 29.3 Å². The second-order valence-electron chi connectivity index (χ2n) is 6.07. The van der Waals surface area contributed by atoms with Crippen LogP contribution in [-0.4, -0.2) is 42.7 Å². The predicted octanol–water partition coefficient (Wildman–Crippen LogP) is 1.13. The van der Waals surface area contributed by atoms with Crippen LogP contribution >= 0.6 is 0 Å². The number of sulfone groups is 1.